The SMILES string of the molecule is CC(C)NCC1(CN2CCCS(=O)(=O)CC2)CCOC1. The van der Waals surface area contributed by atoms with Crippen LogP contribution in [0.4, 0.5) is 0 Å². The predicted molar refractivity (Wildman–Crippen MR) is 80.7 cm³/mol. The van der Waals surface area contributed by atoms with Gasteiger partial charge in [-0.05, 0) is 19.4 Å². The first kappa shape index (κ1) is 16.2. The fourth-order valence-corrected chi connectivity index (χ4v) is 4.32. The summed E-state index contributed by atoms with van der Waals surface area (Å²) in [6, 6.07) is 0.469. The van der Waals surface area contributed by atoms with Crippen molar-refractivity contribution in [2.45, 2.75) is 32.7 Å². The van der Waals surface area contributed by atoms with Gasteiger partial charge in [-0.15, -0.1) is 0 Å². The Morgan fingerprint density at radius 1 is 1.30 bits per heavy atom. The van der Waals surface area contributed by atoms with Gasteiger partial charge in [-0.25, -0.2) is 8.42 Å². The molecular formula is C14H28N2O3S. The summed E-state index contributed by atoms with van der Waals surface area (Å²) in [5.41, 5.74) is 0.151. The van der Waals surface area contributed by atoms with E-state index in [-0.39, 0.29) is 5.41 Å². The highest BCUT2D eigenvalue weighted by molar-refractivity contribution is 7.91. The van der Waals surface area contributed by atoms with Gasteiger partial charge in [0, 0.05) is 37.7 Å². The number of nitrogens with one attached hydrogen (secondary N) is 1. The van der Waals surface area contributed by atoms with Gasteiger partial charge in [-0.2, -0.15) is 0 Å². The fourth-order valence-electron chi connectivity index (χ4n) is 3.01. The quantitative estimate of drug-likeness (QED) is 0.802. The number of hydrogen-bond acceptors (Lipinski definition) is 5. The summed E-state index contributed by atoms with van der Waals surface area (Å²) in [7, 11) is -2.82. The number of ether oxygens (including phenoxy) is 1. The van der Waals surface area contributed by atoms with Crippen molar-refractivity contribution in [1.82, 2.24) is 10.2 Å². The minimum absolute atomic E-state index is 0.151. The van der Waals surface area contributed by atoms with E-state index in [4.69, 9.17) is 4.74 Å². The summed E-state index contributed by atoms with van der Waals surface area (Å²) in [6.07, 6.45) is 1.83. The Balaban J connectivity index is 1.94. The standard InChI is InChI=1S/C14H28N2O3S/c1-13(2)15-10-14(4-7-19-12-14)11-16-5-3-8-20(17,18)9-6-16/h13,15H,3-12H2,1-2H3. The van der Waals surface area contributed by atoms with Crippen LogP contribution < -0.4 is 5.32 Å². The topological polar surface area (TPSA) is 58.6 Å². The first-order valence-corrected chi connectivity index (χ1v) is 9.47. The van der Waals surface area contributed by atoms with Crippen LogP contribution in [-0.4, -0.2) is 70.3 Å². The second-order valence-electron chi connectivity index (χ2n) is 6.62. The zero-order valence-electron chi connectivity index (χ0n) is 12.7. The molecule has 1 atom stereocenters. The molecule has 2 saturated heterocycles. The molecule has 0 aromatic heterocycles. The molecule has 5 nitrogen and oxygen atoms in total. The summed E-state index contributed by atoms with van der Waals surface area (Å²) >= 11 is 0. The second-order valence-corrected chi connectivity index (χ2v) is 8.92. The zero-order valence-corrected chi connectivity index (χ0v) is 13.5. The van der Waals surface area contributed by atoms with E-state index in [2.05, 4.69) is 24.1 Å². The van der Waals surface area contributed by atoms with Crippen molar-refractivity contribution < 1.29 is 13.2 Å². The van der Waals surface area contributed by atoms with Crippen molar-refractivity contribution >= 4 is 9.84 Å². The van der Waals surface area contributed by atoms with Crippen molar-refractivity contribution in [3.05, 3.63) is 0 Å². The highest BCUT2D eigenvalue weighted by Gasteiger charge is 2.37. The Morgan fingerprint density at radius 2 is 2.10 bits per heavy atom. The van der Waals surface area contributed by atoms with Crippen LogP contribution in [0.2, 0.25) is 0 Å². The van der Waals surface area contributed by atoms with Gasteiger partial charge < -0.3 is 15.0 Å². The van der Waals surface area contributed by atoms with Crippen LogP contribution in [0.5, 0.6) is 0 Å². The Labute approximate surface area is 123 Å². The average Bonchev–Trinajstić information content (AvgIpc) is 2.75. The van der Waals surface area contributed by atoms with Crippen molar-refractivity contribution in [2.75, 3.05) is 50.9 Å². The van der Waals surface area contributed by atoms with Gasteiger partial charge in [0.2, 0.25) is 0 Å². The molecule has 0 aromatic carbocycles. The molecule has 2 heterocycles. The summed E-state index contributed by atoms with van der Waals surface area (Å²) in [6.45, 7) is 9.39. The van der Waals surface area contributed by atoms with Crippen molar-refractivity contribution in [3.8, 4) is 0 Å². The van der Waals surface area contributed by atoms with Gasteiger partial charge in [-0.3, -0.25) is 0 Å². The maximum absolute atomic E-state index is 11.7. The molecule has 20 heavy (non-hydrogen) atoms. The summed E-state index contributed by atoms with van der Waals surface area (Å²) < 4.78 is 29.0. The van der Waals surface area contributed by atoms with Crippen LogP contribution in [0.25, 0.3) is 0 Å². The van der Waals surface area contributed by atoms with E-state index in [0.29, 0.717) is 24.1 Å². The molecule has 0 radical (unpaired) electrons. The molecule has 1 N–H and O–H groups in total. The number of rotatable bonds is 5. The first-order chi connectivity index (χ1) is 9.41. The lowest BCUT2D eigenvalue weighted by molar-refractivity contribution is 0.110. The molecule has 0 amide bonds. The lowest BCUT2D eigenvalue weighted by Gasteiger charge is -2.34. The normalized spacial score (nSPS) is 31.6. The maximum atomic E-state index is 11.7. The molecule has 1 unspecified atom stereocenters. The molecule has 0 saturated carbocycles. The van der Waals surface area contributed by atoms with Gasteiger partial charge in [-0.1, -0.05) is 13.8 Å². The first-order valence-electron chi connectivity index (χ1n) is 7.65. The summed E-state index contributed by atoms with van der Waals surface area (Å²) in [5, 5.41) is 3.52. The molecule has 0 aromatic rings. The highest BCUT2D eigenvalue weighted by atomic mass is 32.2. The summed E-state index contributed by atoms with van der Waals surface area (Å²) in [4.78, 5) is 2.32. The second kappa shape index (κ2) is 6.73. The Morgan fingerprint density at radius 3 is 2.75 bits per heavy atom. The molecule has 2 rings (SSSR count). The lowest BCUT2D eigenvalue weighted by atomic mass is 9.86. The van der Waals surface area contributed by atoms with E-state index >= 15 is 0 Å². The number of hydrogen-bond donors (Lipinski definition) is 1. The molecule has 6 heteroatoms. The number of nitrogens with zero attached hydrogens (tertiary/aromatic N) is 1. The molecule has 0 spiro atoms. The van der Waals surface area contributed by atoms with E-state index in [0.717, 1.165) is 45.7 Å². The maximum Gasteiger partial charge on any atom is 0.151 e. The van der Waals surface area contributed by atoms with Crippen LogP contribution in [0.15, 0.2) is 0 Å². The van der Waals surface area contributed by atoms with Crippen LogP contribution in [0.1, 0.15) is 26.7 Å². The highest BCUT2D eigenvalue weighted by Crippen LogP contribution is 2.29. The van der Waals surface area contributed by atoms with Gasteiger partial charge in [0.1, 0.15) is 0 Å². The molecule has 0 aliphatic carbocycles. The zero-order chi connectivity index (χ0) is 14.6. The average molecular weight is 304 g/mol. The van der Waals surface area contributed by atoms with E-state index < -0.39 is 9.84 Å². The van der Waals surface area contributed by atoms with Crippen LogP contribution in [-0.2, 0) is 14.6 Å². The monoisotopic (exact) mass is 304 g/mol. The van der Waals surface area contributed by atoms with Crippen molar-refractivity contribution in [2.24, 2.45) is 5.41 Å². The molecular weight excluding hydrogens is 276 g/mol. The van der Waals surface area contributed by atoms with Gasteiger partial charge in [0.15, 0.2) is 9.84 Å². The van der Waals surface area contributed by atoms with Crippen LogP contribution >= 0.6 is 0 Å². The minimum Gasteiger partial charge on any atom is -0.381 e. The predicted octanol–water partition coefficient (Wildman–Crippen LogP) is 0.512. The Bertz CT molecular complexity index is 403. The van der Waals surface area contributed by atoms with Gasteiger partial charge in [0.05, 0.1) is 18.1 Å². The molecule has 2 fully saturated rings. The lowest BCUT2D eigenvalue weighted by Crippen LogP contribution is -2.46. The third-order valence-corrected chi connectivity index (χ3v) is 5.99. The van der Waals surface area contributed by atoms with Crippen molar-refractivity contribution in [1.29, 1.82) is 0 Å². The van der Waals surface area contributed by atoms with E-state index in [1.54, 1.807) is 0 Å². The fraction of sp³-hybridized carbons (Fsp3) is 1.00. The molecule has 0 bridgehead atoms. The number of sulfone groups is 1. The Kier molecular flexibility index (Phi) is 5.45. The molecule has 2 aliphatic rings. The van der Waals surface area contributed by atoms with E-state index in [1.807, 2.05) is 0 Å². The summed E-state index contributed by atoms with van der Waals surface area (Å²) in [5.74, 6) is 0.652. The van der Waals surface area contributed by atoms with Gasteiger partial charge in [0.25, 0.3) is 0 Å². The molecule has 2 aliphatic heterocycles. The molecule has 118 valence electrons. The largest absolute Gasteiger partial charge is 0.381 e. The van der Waals surface area contributed by atoms with Crippen LogP contribution in [0.3, 0.4) is 0 Å². The smallest absolute Gasteiger partial charge is 0.151 e. The minimum atomic E-state index is -2.82. The van der Waals surface area contributed by atoms with E-state index in [1.165, 1.54) is 0 Å². The Hall–Kier alpha value is -0.170. The third kappa shape index (κ3) is 4.69. The van der Waals surface area contributed by atoms with E-state index in [9.17, 15) is 8.42 Å². The van der Waals surface area contributed by atoms with Crippen LogP contribution in [0, 0.1) is 5.41 Å². The van der Waals surface area contributed by atoms with Crippen molar-refractivity contribution in [3.63, 3.8) is 0 Å². The third-order valence-electron chi connectivity index (χ3n) is 4.28. The van der Waals surface area contributed by atoms with Gasteiger partial charge >= 0.3 is 0 Å².